The van der Waals surface area contributed by atoms with Crippen LogP contribution >= 0.6 is 0 Å². The van der Waals surface area contributed by atoms with Crippen LogP contribution in [0, 0.1) is 5.92 Å². The van der Waals surface area contributed by atoms with Crippen molar-refractivity contribution in [3.8, 4) is 0 Å². The number of hydrazine groups is 1. The molecule has 3 N–H and O–H groups in total. The standard InChI is InChI=1S/C17H30N2/c1-4-7-8-16(6-3)17(19-18)13-15-11-9-14(5-2)10-12-15/h9-12,16-17,19H,4-8,13,18H2,1-3H3. The number of rotatable bonds is 9. The molecule has 0 amide bonds. The predicted octanol–water partition coefficient (Wildman–Crippen LogP) is 3.84. The minimum atomic E-state index is 0.393. The van der Waals surface area contributed by atoms with Crippen molar-refractivity contribution in [2.45, 2.75) is 65.3 Å². The zero-order valence-electron chi connectivity index (χ0n) is 12.8. The van der Waals surface area contributed by atoms with Gasteiger partial charge in [0.05, 0.1) is 0 Å². The van der Waals surface area contributed by atoms with Crippen LogP contribution in [0.4, 0.5) is 0 Å². The zero-order valence-corrected chi connectivity index (χ0v) is 12.8. The van der Waals surface area contributed by atoms with E-state index in [0.717, 1.165) is 12.8 Å². The highest BCUT2D eigenvalue weighted by molar-refractivity contribution is 5.23. The van der Waals surface area contributed by atoms with Gasteiger partial charge >= 0.3 is 0 Å². The Kier molecular flexibility index (Phi) is 7.76. The Balaban J connectivity index is 2.62. The Morgan fingerprint density at radius 1 is 1.05 bits per heavy atom. The second-order valence-corrected chi connectivity index (χ2v) is 5.46. The van der Waals surface area contributed by atoms with Gasteiger partial charge in [-0.3, -0.25) is 11.3 Å². The molecule has 2 heteroatoms. The molecular weight excluding hydrogens is 232 g/mol. The summed E-state index contributed by atoms with van der Waals surface area (Å²) in [7, 11) is 0. The van der Waals surface area contributed by atoms with Gasteiger partial charge in [-0.15, -0.1) is 0 Å². The number of nitrogens with one attached hydrogen (secondary N) is 1. The van der Waals surface area contributed by atoms with Crippen molar-refractivity contribution in [1.82, 2.24) is 5.43 Å². The van der Waals surface area contributed by atoms with E-state index in [1.54, 1.807) is 0 Å². The number of benzene rings is 1. The molecule has 1 aromatic rings. The van der Waals surface area contributed by atoms with Gasteiger partial charge in [-0.1, -0.05) is 64.3 Å². The van der Waals surface area contributed by atoms with Crippen molar-refractivity contribution in [2.75, 3.05) is 0 Å². The van der Waals surface area contributed by atoms with E-state index >= 15 is 0 Å². The molecule has 0 spiro atoms. The molecule has 0 saturated heterocycles. The van der Waals surface area contributed by atoms with E-state index in [2.05, 4.69) is 50.5 Å². The van der Waals surface area contributed by atoms with Crippen LogP contribution in [0.15, 0.2) is 24.3 Å². The highest BCUT2D eigenvalue weighted by atomic mass is 15.2. The van der Waals surface area contributed by atoms with Gasteiger partial charge in [-0.25, -0.2) is 0 Å². The van der Waals surface area contributed by atoms with Gasteiger partial charge in [0.1, 0.15) is 0 Å². The molecule has 0 fully saturated rings. The smallest absolute Gasteiger partial charge is 0.0279 e. The molecule has 0 aliphatic heterocycles. The summed E-state index contributed by atoms with van der Waals surface area (Å²) in [6.45, 7) is 6.71. The molecule has 0 aromatic heterocycles. The van der Waals surface area contributed by atoms with Crippen LogP contribution < -0.4 is 11.3 Å². The van der Waals surface area contributed by atoms with E-state index in [1.807, 2.05) is 0 Å². The number of hydrogen-bond donors (Lipinski definition) is 2. The zero-order chi connectivity index (χ0) is 14.1. The number of nitrogens with two attached hydrogens (primary N) is 1. The minimum Gasteiger partial charge on any atom is -0.271 e. The van der Waals surface area contributed by atoms with Gasteiger partial charge in [-0.2, -0.15) is 0 Å². The first-order valence-electron chi connectivity index (χ1n) is 7.79. The molecule has 1 aromatic carbocycles. The summed E-state index contributed by atoms with van der Waals surface area (Å²) in [6.07, 6.45) is 7.16. The summed E-state index contributed by atoms with van der Waals surface area (Å²) < 4.78 is 0. The summed E-state index contributed by atoms with van der Waals surface area (Å²) in [5.41, 5.74) is 5.83. The van der Waals surface area contributed by atoms with Crippen molar-refractivity contribution >= 4 is 0 Å². The minimum absolute atomic E-state index is 0.393. The third kappa shape index (κ3) is 5.33. The number of unbranched alkanes of at least 4 members (excludes halogenated alkanes) is 1. The summed E-state index contributed by atoms with van der Waals surface area (Å²) >= 11 is 0. The highest BCUT2D eigenvalue weighted by Gasteiger charge is 2.18. The molecule has 2 unspecified atom stereocenters. The molecule has 1 rings (SSSR count). The quantitative estimate of drug-likeness (QED) is 0.524. The van der Waals surface area contributed by atoms with Crippen molar-refractivity contribution < 1.29 is 0 Å². The molecule has 19 heavy (non-hydrogen) atoms. The fourth-order valence-corrected chi connectivity index (χ4v) is 2.68. The fraction of sp³-hybridized carbons (Fsp3) is 0.647. The molecule has 0 radical (unpaired) electrons. The van der Waals surface area contributed by atoms with Gasteiger partial charge in [0.15, 0.2) is 0 Å². The average Bonchev–Trinajstić information content (AvgIpc) is 2.47. The van der Waals surface area contributed by atoms with E-state index < -0.39 is 0 Å². The van der Waals surface area contributed by atoms with Crippen LogP contribution in [-0.4, -0.2) is 6.04 Å². The second kappa shape index (κ2) is 9.11. The Bertz CT molecular complexity index is 332. The Hall–Kier alpha value is -0.860. The molecule has 0 heterocycles. The molecule has 0 aliphatic rings. The first-order valence-corrected chi connectivity index (χ1v) is 7.79. The van der Waals surface area contributed by atoms with Gasteiger partial charge in [-0.05, 0) is 36.3 Å². The van der Waals surface area contributed by atoms with E-state index in [-0.39, 0.29) is 0 Å². The van der Waals surface area contributed by atoms with Crippen LogP contribution in [0.2, 0.25) is 0 Å². The summed E-state index contributed by atoms with van der Waals surface area (Å²) in [5, 5.41) is 0. The Morgan fingerprint density at radius 2 is 1.68 bits per heavy atom. The molecule has 0 bridgehead atoms. The van der Waals surface area contributed by atoms with Crippen molar-refractivity contribution in [1.29, 1.82) is 0 Å². The Morgan fingerprint density at radius 3 is 2.16 bits per heavy atom. The third-order valence-electron chi connectivity index (χ3n) is 4.12. The van der Waals surface area contributed by atoms with Crippen molar-refractivity contribution in [3.63, 3.8) is 0 Å². The molecule has 0 aliphatic carbocycles. The van der Waals surface area contributed by atoms with Gasteiger partial charge in [0, 0.05) is 6.04 Å². The highest BCUT2D eigenvalue weighted by Crippen LogP contribution is 2.20. The molecular formula is C17H30N2. The lowest BCUT2D eigenvalue weighted by molar-refractivity contribution is 0.318. The predicted molar refractivity (Wildman–Crippen MR) is 83.9 cm³/mol. The average molecular weight is 262 g/mol. The third-order valence-corrected chi connectivity index (χ3v) is 4.12. The summed E-state index contributed by atoms with van der Waals surface area (Å²) in [5.74, 6) is 6.45. The van der Waals surface area contributed by atoms with Crippen LogP contribution in [0.1, 0.15) is 57.6 Å². The van der Waals surface area contributed by atoms with Crippen molar-refractivity contribution in [2.24, 2.45) is 11.8 Å². The monoisotopic (exact) mass is 262 g/mol. The molecule has 2 atom stereocenters. The maximum absolute atomic E-state index is 5.77. The molecule has 108 valence electrons. The fourth-order valence-electron chi connectivity index (χ4n) is 2.68. The van der Waals surface area contributed by atoms with Crippen LogP contribution in [-0.2, 0) is 12.8 Å². The summed E-state index contributed by atoms with van der Waals surface area (Å²) in [4.78, 5) is 0. The first kappa shape index (κ1) is 16.2. The van der Waals surface area contributed by atoms with E-state index in [9.17, 15) is 0 Å². The van der Waals surface area contributed by atoms with Crippen LogP contribution in [0.3, 0.4) is 0 Å². The maximum Gasteiger partial charge on any atom is 0.0279 e. The second-order valence-electron chi connectivity index (χ2n) is 5.46. The van der Waals surface area contributed by atoms with E-state index in [1.165, 1.54) is 36.8 Å². The topological polar surface area (TPSA) is 38.0 Å². The number of hydrogen-bond acceptors (Lipinski definition) is 2. The lowest BCUT2D eigenvalue weighted by Crippen LogP contribution is -2.42. The lowest BCUT2D eigenvalue weighted by Gasteiger charge is -2.25. The molecule has 2 nitrogen and oxygen atoms in total. The first-order chi connectivity index (χ1) is 9.24. The normalized spacial score (nSPS) is 14.3. The summed E-state index contributed by atoms with van der Waals surface area (Å²) in [6, 6.07) is 9.35. The van der Waals surface area contributed by atoms with Gasteiger partial charge in [0.2, 0.25) is 0 Å². The Labute approximate surface area is 118 Å². The molecule has 0 saturated carbocycles. The van der Waals surface area contributed by atoms with Gasteiger partial charge in [0.25, 0.3) is 0 Å². The van der Waals surface area contributed by atoms with Crippen LogP contribution in [0.5, 0.6) is 0 Å². The lowest BCUT2D eigenvalue weighted by atomic mass is 9.87. The SMILES string of the molecule is CCCCC(CC)C(Cc1ccc(CC)cc1)NN. The van der Waals surface area contributed by atoms with Crippen LogP contribution in [0.25, 0.3) is 0 Å². The largest absolute Gasteiger partial charge is 0.271 e. The number of aryl methyl sites for hydroxylation is 1. The van der Waals surface area contributed by atoms with E-state index in [4.69, 9.17) is 5.84 Å². The van der Waals surface area contributed by atoms with Gasteiger partial charge < -0.3 is 0 Å². The van der Waals surface area contributed by atoms with E-state index in [0.29, 0.717) is 12.0 Å². The maximum atomic E-state index is 5.77. The van der Waals surface area contributed by atoms with Crippen molar-refractivity contribution in [3.05, 3.63) is 35.4 Å².